The lowest BCUT2D eigenvalue weighted by Gasteiger charge is -2.26. The molecule has 1 saturated heterocycles. The molecule has 3 atom stereocenters. The molecule has 0 bridgehead atoms. The van der Waals surface area contributed by atoms with E-state index in [-0.39, 0.29) is 11.6 Å². The zero-order valence-corrected chi connectivity index (χ0v) is 17.8. The number of carbonyl (C=O) groups is 1. The van der Waals surface area contributed by atoms with Crippen molar-refractivity contribution in [3.05, 3.63) is 64.7 Å². The first kappa shape index (κ1) is 19.5. The van der Waals surface area contributed by atoms with E-state index in [9.17, 15) is 4.79 Å². The summed E-state index contributed by atoms with van der Waals surface area (Å²) in [5, 5.41) is 3.06. The minimum absolute atomic E-state index is 0.124. The van der Waals surface area contributed by atoms with Crippen LogP contribution in [0, 0.1) is 5.92 Å². The molecule has 2 fully saturated rings. The van der Waals surface area contributed by atoms with Crippen LogP contribution in [-0.4, -0.2) is 25.3 Å². The van der Waals surface area contributed by atoms with E-state index in [4.69, 9.17) is 9.47 Å². The fourth-order valence-corrected chi connectivity index (χ4v) is 5.77. The summed E-state index contributed by atoms with van der Waals surface area (Å²) < 4.78 is 10.7. The van der Waals surface area contributed by atoms with Crippen molar-refractivity contribution >= 4 is 6.09 Å². The van der Waals surface area contributed by atoms with E-state index < -0.39 is 0 Å². The Labute approximate surface area is 179 Å². The van der Waals surface area contributed by atoms with Crippen LogP contribution >= 0.6 is 0 Å². The van der Waals surface area contributed by atoms with Crippen molar-refractivity contribution in [1.29, 1.82) is 0 Å². The Bertz CT molecular complexity index is 940. The molecule has 4 nitrogen and oxygen atoms in total. The Morgan fingerprint density at radius 2 is 2.07 bits per heavy atom. The average Bonchev–Trinajstić information content (AvgIpc) is 3.37. The third-order valence-corrected chi connectivity index (χ3v) is 7.50. The standard InChI is InChI=1S/C26H31NO3/c1-29-24-5-3-2-4-19(24)8-6-18-7-9-21-15-22(11-10-20(21)14-18)23-12-13-26(16-23)17-30-25(28)27-26/h2-5,10-11,15,18,23H,6-9,12-14,16-17H2,1H3,(H,27,28)/t18?,23-,26-/m1/s1. The van der Waals surface area contributed by atoms with Gasteiger partial charge in [-0.25, -0.2) is 4.79 Å². The molecule has 2 aromatic rings. The number of para-hydroxylation sites is 1. The van der Waals surface area contributed by atoms with Gasteiger partial charge in [-0.1, -0.05) is 36.4 Å². The maximum absolute atomic E-state index is 11.5. The van der Waals surface area contributed by atoms with Crippen LogP contribution in [0.4, 0.5) is 4.79 Å². The number of carbonyl (C=O) groups excluding carboxylic acids is 1. The largest absolute Gasteiger partial charge is 0.496 e. The van der Waals surface area contributed by atoms with Gasteiger partial charge in [0.05, 0.1) is 12.6 Å². The Kier molecular flexibility index (Phi) is 5.18. The number of nitrogens with one attached hydrogen (secondary N) is 1. The molecule has 2 aromatic carbocycles. The molecule has 0 radical (unpaired) electrons. The molecule has 1 aliphatic heterocycles. The second-order valence-electron chi connectivity index (χ2n) is 9.41. The lowest BCUT2D eigenvalue weighted by atomic mass is 9.79. The number of benzene rings is 2. The average molecular weight is 406 g/mol. The molecular formula is C26H31NO3. The molecule has 1 heterocycles. The number of rotatable bonds is 5. The third kappa shape index (κ3) is 3.80. The predicted molar refractivity (Wildman–Crippen MR) is 117 cm³/mol. The number of amides is 1. The van der Waals surface area contributed by atoms with Gasteiger partial charge in [0.25, 0.3) is 0 Å². The maximum atomic E-state index is 11.5. The Morgan fingerprint density at radius 3 is 2.90 bits per heavy atom. The van der Waals surface area contributed by atoms with Crippen molar-refractivity contribution in [2.45, 2.75) is 62.8 Å². The number of ether oxygens (including phenoxy) is 2. The highest BCUT2D eigenvalue weighted by Crippen LogP contribution is 2.43. The lowest BCUT2D eigenvalue weighted by Crippen LogP contribution is -2.40. The van der Waals surface area contributed by atoms with E-state index in [0.29, 0.717) is 12.5 Å². The highest BCUT2D eigenvalue weighted by atomic mass is 16.6. The summed E-state index contributed by atoms with van der Waals surface area (Å²) in [5.74, 6) is 2.28. The number of cyclic esters (lactones) is 1. The molecule has 1 unspecified atom stereocenters. The fraction of sp³-hybridized carbons (Fsp3) is 0.500. The quantitative estimate of drug-likeness (QED) is 0.746. The number of hydrogen-bond acceptors (Lipinski definition) is 3. The highest BCUT2D eigenvalue weighted by molar-refractivity contribution is 5.70. The number of alkyl carbamates (subject to hydrolysis) is 1. The van der Waals surface area contributed by atoms with Gasteiger partial charge in [-0.05, 0) is 91.5 Å². The van der Waals surface area contributed by atoms with Crippen molar-refractivity contribution in [3.8, 4) is 5.75 Å². The minimum Gasteiger partial charge on any atom is -0.496 e. The SMILES string of the molecule is COc1ccccc1CCC1CCc2cc([C@@H]3CC[C@]4(COC(=O)N4)C3)ccc2C1. The molecule has 1 amide bonds. The normalized spacial score (nSPS) is 27.6. The Balaban J connectivity index is 1.22. The minimum atomic E-state index is -0.250. The summed E-state index contributed by atoms with van der Waals surface area (Å²) in [4.78, 5) is 11.5. The summed E-state index contributed by atoms with van der Waals surface area (Å²) in [6.45, 7) is 0.529. The topological polar surface area (TPSA) is 47.6 Å². The molecule has 4 heteroatoms. The summed E-state index contributed by atoms with van der Waals surface area (Å²) in [6, 6.07) is 15.5. The molecule has 1 N–H and O–H groups in total. The van der Waals surface area contributed by atoms with Crippen LogP contribution in [0.5, 0.6) is 5.75 Å². The van der Waals surface area contributed by atoms with Gasteiger partial charge in [0.2, 0.25) is 0 Å². The first-order chi connectivity index (χ1) is 14.6. The second-order valence-corrected chi connectivity index (χ2v) is 9.41. The first-order valence-electron chi connectivity index (χ1n) is 11.3. The van der Waals surface area contributed by atoms with Crippen molar-refractivity contribution < 1.29 is 14.3 Å². The summed E-state index contributed by atoms with van der Waals surface area (Å²) in [7, 11) is 1.76. The first-order valence-corrected chi connectivity index (χ1v) is 11.3. The predicted octanol–water partition coefficient (Wildman–Crippen LogP) is 5.18. The number of methoxy groups -OCH3 is 1. The maximum Gasteiger partial charge on any atom is 0.407 e. The number of fused-ring (bicyclic) bond motifs is 1. The van der Waals surface area contributed by atoms with E-state index in [2.05, 4.69) is 41.7 Å². The van der Waals surface area contributed by atoms with Gasteiger partial charge in [0.1, 0.15) is 12.4 Å². The van der Waals surface area contributed by atoms with Crippen molar-refractivity contribution in [3.63, 3.8) is 0 Å². The van der Waals surface area contributed by atoms with E-state index in [1.807, 2.05) is 6.07 Å². The molecule has 2 aliphatic carbocycles. The summed E-state index contributed by atoms with van der Waals surface area (Å²) in [6.07, 6.45) is 8.83. The van der Waals surface area contributed by atoms with Crippen LogP contribution in [0.3, 0.4) is 0 Å². The smallest absolute Gasteiger partial charge is 0.407 e. The van der Waals surface area contributed by atoms with Crippen LogP contribution in [0.2, 0.25) is 0 Å². The van der Waals surface area contributed by atoms with Crippen LogP contribution in [0.25, 0.3) is 0 Å². The van der Waals surface area contributed by atoms with Gasteiger partial charge in [0.15, 0.2) is 0 Å². The molecule has 0 aromatic heterocycles. The third-order valence-electron chi connectivity index (χ3n) is 7.50. The van der Waals surface area contributed by atoms with Gasteiger partial charge < -0.3 is 14.8 Å². The van der Waals surface area contributed by atoms with Gasteiger partial charge in [0, 0.05) is 0 Å². The van der Waals surface area contributed by atoms with Gasteiger partial charge in [-0.3, -0.25) is 0 Å². The molecule has 3 aliphatic rings. The molecular weight excluding hydrogens is 374 g/mol. The molecule has 5 rings (SSSR count). The monoisotopic (exact) mass is 405 g/mol. The van der Waals surface area contributed by atoms with Crippen LogP contribution in [-0.2, 0) is 24.0 Å². The Morgan fingerprint density at radius 1 is 1.17 bits per heavy atom. The van der Waals surface area contributed by atoms with Crippen LogP contribution < -0.4 is 10.1 Å². The number of aryl methyl sites for hydroxylation is 2. The summed E-state index contributed by atoms with van der Waals surface area (Å²) in [5.41, 5.74) is 5.70. The van der Waals surface area contributed by atoms with Crippen molar-refractivity contribution in [1.82, 2.24) is 5.32 Å². The van der Waals surface area contributed by atoms with Crippen molar-refractivity contribution in [2.24, 2.45) is 5.92 Å². The zero-order chi connectivity index (χ0) is 20.6. The summed E-state index contributed by atoms with van der Waals surface area (Å²) >= 11 is 0. The molecule has 158 valence electrons. The zero-order valence-electron chi connectivity index (χ0n) is 17.8. The van der Waals surface area contributed by atoms with Crippen LogP contribution in [0.15, 0.2) is 42.5 Å². The number of hydrogen-bond donors (Lipinski definition) is 1. The molecule has 1 saturated carbocycles. The Hall–Kier alpha value is -2.49. The fourth-order valence-electron chi connectivity index (χ4n) is 5.77. The van der Waals surface area contributed by atoms with Gasteiger partial charge in [-0.15, -0.1) is 0 Å². The highest BCUT2D eigenvalue weighted by Gasteiger charge is 2.46. The molecule has 30 heavy (non-hydrogen) atoms. The van der Waals surface area contributed by atoms with E-state index in [1.54, 1.807) is 7.11 Å². The van der Waals surface area contributed by atoms with Gasteiger partial charge in [-0.2, -0.15) is 0 Å². The van der Waals surface area contributed by atoms with Crippen LogP contribution in [0.1, 0.15) is 60.3 Å². The second kappa shape index (κ2) is 7.98. The lowest BCUT2D eigenvalue weighted by molar-refractivity contribution is 0.172. The van der Waals surface area contributed by atoms with Crippen molar-refractivity contribution in [2.75, 3.05) is 13.7 Å². The molecule has 1 spiro atoms. The van der Waals surface area contributed by atoms with Gasteiger partial charge >= 0.3 is 6.09 Å². The van der Waals surface area contributed by atoms with E-state index >= 15 is 0 Å². The van der Waals surface area contributed by atoms with E-state index in [1.165, 1.54) is 47.9 Å². The van der Waals surface area contributed by atoms with E-state index in [0.717, 1.165) is 37.4 Å².